The first-order valence-corrected chi connectivity index (χ1v) is 14.0. The highest BCUT2D eigenvalue weighted by atomic mass is 35.5. The van der Waals surface area contributed by atoms with Gasteiger partial charge >= 0.3 is 6.18 Å². The van der Waals surface area contributed by atoms with Gasteiger partial charge in [0.15, 0.2) is 5.16 Å². The lowest BCUT2D eigenvalue weighted by Gasteiger charge is -2.36. The minimum Gasteiger partial charge on any atom is -0.356 e. The van der Waals surface area contributed by atoms with Gasteiger partial charge in [0.1, 0.15) is 6.04 Å². The number of aromatic nitrogens is 6. The molecule has 2 aliphatic rings. The van der Waals surface area contributed by atoms with Crippen LogP contribution < -0.4 is 9.80 Å². The highest BCUT2D eigenvalue weighted by molar-refractivity contribution is 7.98. The summed E-state index contributed by atoms with van der Waals surface area (Å²) >= 11 is 7.34. The van der Waals surface area contributed by atoms with Gasteiger partial charge in [0.2, 0.25) is 17.7 Å². The number of anilines is 2. The first-order chi connectivity index (χ1) is 18.7. The Bertz CT molecular complexity index is 1500. The lowest BCUT2D eigenvalue weighted by Crippen LogP contribution is -2.45. The second kappa shape index (κ2) is 10.1. The van der Waals surface area contributed by atoms with Crippen molar-refractivity contribution >= 4 is 46.2 Å². The Labute approximate surface area is 231 Å². The van der Waals surface area contributed by atoms with E-state index < -0.39 is 18.0 Å². The van der Waals surface area contributed by atoms with Gasteiger partial charge in [-0.25, -0.2) is 9.97 Å². The number of piperazine rings is 1. The van der Waals surface area contributed by atoms with Crippen LogP contribution in [0.25, 0.3) is 10.9 Å². The molecule has 1 fully saturated rings. The Balaban J connectivity index is 1.46. The van der Waals surface area contributed by atoms with Crippen molar-refractivity contribution in [1.82, 2.24) is 34.8 Å². The normalized spacial score (nSPS) is 18.6. The molecule has 0 amide bonds. The second-order valence-electron chi connectivity index (χ2n) is 9.60. The van der Waals surface area contributed by atoms with Gasteiger partial charge in [-0.3, -0.25) is 0 Å². The van der Waals surface area contributed by atoms with Crippen molar-refractivity contribution in [1.29, 1.82) is 0 Å². The number of hydrogen-bond donors (Lipinski definition) is 1. The zero-order chi connectivity index (χ0) is 27.3. The molecule has 0 radical (unpaired) electrons. The number of fused-ring (bicyclic) bond motifs is 3. The van der Waals surface area contributed by atoms with Crippen LogP contribution in [-0.2, 0) is 12.6 Å². The maximum Gasteiger partial charge on any atom is 0.451 e. The van der Waals surface area contributed by atoms with Gasteiger partial charge in [-0.1, -0.05) is 23.4 Å². The van der Waals surface area contributed by atoms with Gasteiger partial charge in [0.25, 0.3) is 0 Å². The summed E-state index contributed by atoms with van der Waals surface area (Å²) in [6, 6.07) is 5.07. The number of rotatable bonds is 4. The van der Waals surface area contributed by atoms with E-state index in [0.29, 0.717) is 29.5 Å². The largest absolute Gasteiger partial charge is 0.451 e. The molecular weight excluding hydrogens is 551 g/mol. The molecule has 1 N–H and O–H groups in total. The van der Waals surface area contributed by atoms with Gasteiger partial charge in [-0.15, -0.1) is 0 Å². The Morgan fingerprint density at radius 2 is 1.74 bits per heavy atom. The standard InChI is InChI=1S/C25H25ClF3N9S/c1-36-7-9-37(10-8-36)22-30-12-14(13-31-22)20-19-16(17-11-15(26)3-4-18(17)32-19)5-6-38(20)23-33-21(25(27,28)29)34-24(35-23)39-2/h3-4,11-13,20,32H,5-10H2,1-2H3/t20-/m0/s1. The molecule has 6 rings (SSSR count). The summed E-state index contributed by atoms with van der Waals surface area (Å²) in [5.74, 6) is -0.634. The molecule has 0 saturated carbocycles. The summed E-state index contributed by atoms with van der Waals surface area (Å²) in [6.45, 7) is 3.86. The highest BCUT2D eigenvalue weighted by Gasteiger charge is 2.39. The molecule has 0 bridgehead atoms. The average Bonchev–Trinajstić information content (AvgIpc) is 3.30. The fraction of sp³-hybridized carbons (Fsp3) is 0.400. The van der Waals surface area contributed by atoms with E-state index in [-0.39, 0.29) is 11.1 Å². The second-order valence-corrected chi connectivity index (χ2v) is 10.8. The summed E-state index contributed by atoms with van der Waals surface area (Å²) in [5, 5.41) is 1.59. The van der Waals surface area contributed by atoms with Crippen molar-refractivity contribution in [2.24, 2.45) is 0 Å². The fourth-order valence-corrected chi connectivity index (χ4v) is 5.68. The van der Waals surface area contributed by atoms with Crippen LogP contribution >= 0.6 is 23.4 Å². The molecule has 2 aliphatic heterocycles. The van der Waals surface area contributed by atoms with Crippen molar-refractivity contribution in [3.8, 4) is 0 Å². The summed E-state index contributed by atoms with van der Waals surface area (Å²) in [6.07, 6.45) is 0.982. The van der Waals surface area contributed by atoms with E-state index in [0.717, 1.165) is 60.1 Å². The Hall–Kier alpha value is -3.16. The molecule has 1 saturated heterocycles. The van der Waals surface area contributed by atoms with E-state index in [1.165, 1.54) is 0 Å². The first kappa shape index (κ1) is 26.1. The molecule has 5 heterocycles. The van der Waals surface area contributed by atoms with E-state index in [4.69, 9.17) is 11.6 Å². The molecule has 0 aliphatic carbocycles. The van der Waals surface area contributed by atoms with E-state index in [9.17, 15) is 13.2 Å². The number of nitrogens with zero attached hydrogens (tertiary/aromatic N) is 8. The first-order valence-electron chi connectivity index (χ1n) is 12.4. The predicted octanol–water partition coefficient (Wildman–Crippen LogP) is 4.44. The number of H-pyrrole nitrogens is 1. The van der Waals surface area contributed by atoms with Crippen LogP contribution in [0.1, 0.15) is 28.7 Å². The van der Waals surface area contributed by atoms with E-state index >= 15 is 0 Å². The summed E-state index contributed by atoms with van der Waals surface area (Å²) in [5.41, 5.74) is 3.48. The number of thioether (sulfide) groups is 1. The van der Waals surface area contributed by atoms with Crippen molar-refractivity contribution in [3.63, 3.8) is 0 Å². The van der Waals surface area contributed by atoms with Crippen molar-refractivity contribution in [3.05, 3.63) is 58.3 Å². The molecule has 1 atom stereocenters. The van der Waals surface area contributed by atoms with E-state index in [1.807, 2.05) is 12.1 Å². The Morgan fingerprint density at radius 1 is 1.00 bits per heavy atom. The Morgan fingerprint density at radius 3 is 2.44 bits per heavy atom. The summed E-state index contributed by atoms with van der Waals surface area (Å²) in [7, 11) is 2.08. The molecule has 9 nitrogen and oxygen atoms in total. The third-order valence-corrected chi connectivity index (χ3v) is 7.93. The van der Waals surface area contributed by atoms with E-state index in [1.54, 1.807) is 29.6 Å². The quantitative estimate of drug-likeness (QED) is 0.355. The van der Waals surface area contributed by atoms with Crippen LogP contribution in [0.2, 0.25) is 5.02 Å². The lowest BCUT2D eigenvalue weighted by atomic mass is 9.94. The maximum atomic E-state index is 13.7. The number of alkyl halides is 3. The van der Waals surface area contributed by atoms with Crippen molar-refractivity contribution < 1.29 is 13.2 Å². The molecular formula is C25H25ClF3N9S. The molecule has 4 aromatic rings. The van der Waals surface area contributed by atoms with Gasteiger partial charge < -0.3 is 19.7 Å². The van der Waals surface area contributed by atoms with Crippen LogP contribution in [0.15, 0.2) is 35.7 Å². The molecule has 3 aromatic heterocycles. The fourth-order valence-electron chi connectivity index (χ4n) is 5.16. The van der Waals surface area contributed by atoms with Crippen molar-refractivity contribution in [2.75, 3.05) is 55.8 Å². The Kier molecular flexibility index (Phi) is 6.76. The number of aromatic amines is 1. The van der Waals surface area contributed by atoms with Gasteiger partial charge in [-0.05, 0) is 43.5 Å². The SMILES string of the molecule is CSc1nc(N2CCc3c([nH]c4ccc(Cl)cc34)[C@@H]2c2cnc(N3CCN(C)CC3)nc2)nc(C(F)(F)F)n1. The van der Waals surface area contributed by atoms with Crippen LogP contribution in [0.5, 0.6) is 0 Å². The zero-order valence-electron chi connectivity index (χ0n) is 21.2. The van der Waals surface area contributed by atoms with E-state index in [2.05, 4.69) is 46.8 Å². The van der Waals surface area contributed by atoms with Crippen LogP contribution in [-0.4, -0.2) is 80.8 Å². The molecule has 0 spiro atoms. The van der Waals surface area contributed by atoms with Gasteiger partial charge in [0.05, 0.1) is 0 Å². The van der Waals surface area contributed by atoms with Gasteiger partial charge in [0, 0.05) is 72.3 Å². The third-order valence-electron chi connectivity index (χ3n) is 7.15. The number of benzene rings is 1. The molecule has 14 heteroatoms. The number of likely N-dealkylation sites (N-methyl/N-ethyl adjacent to an activating group) is 1. The topological polar surface area (TPSA) is 90.0 Å². The number of halogens is 4. The van der Waals surface area contributed by atoms with Crippen LogP contribution in [0, 0.1) is 0 Å². The minimum absolute atomic E-state index is 0.00182. The monoisotopic (exact) mass is 575 g/mol. The highest BCUT2D eigenvalue weighted by Crippen LogP contribution is 2.41. The zero-order valence-corrected chi connectivity index (χ0v) is 22.8. The molecule has 39 heavy (non-hydrogen) atoms. The molecule has 1 aromatic carbocycles. The maximum absolute atomic E-state index is 13.7. The minimum atomic E-state index is -4.70. The molecule has 204 valence electrons. The third kappa shape index (κ3) is 4.98. The summed E-state index contributed by atoms with van der Waals surface area (Å²) < 4.78 is 41.1. The number of nitrogens with one attached hydrogen (secondary N) is 1. The lowest BCUT2D eigenvalue weighted by molar-refractivity contribution is -0.145. The van der Waals surface area contributed by atoms with Gasteiger partial charge in [-0.2, -0.15) is 28.1 Å². The number of hydrogen-bond acceptors (Lipinski definition) is 9. The summed E-state index contributed by atoms with van der Waals surface area (Å²) in [4.78, 5) is 30.8. The smallest absolute Gasteiger partial charge is 0.356 e. The van der Waals surface area contributed by atoms with Crippen molar-refractivity contribution in [2.45, 2.75) is 23.8 Å². The van der Waals surface area contributed by atoms with Crippen LogP contribution in [0.3, 0.4) is 0 Å². The average molecular weight is 576 g/mol. The van der Waals surface area contributed by atoms with Crippen LogP contribution in [0.4, 0.5) is 25.1 Å². The predicted molar refractivity (Wildman–Crippen MR) is 145 cm³/mol. The molecule has 0 unspecified atom stereocenters.